The van der Waals surface area contributed by atoms with E-state index in [1.54, 1.807) is 0 Å². The lowest BCUT2D eigenvalue weighted by molar-refractivity contribution is 1.19. The number of hydrogen-bond acceptors (Lipinski definition) is 1. The van der Waals surface area contributed by atoms with Crippen LogP contribution in [0, 0.1) is 0 Å². The molecule has 0 aliphatic rings. The summed E-state index contributed by atoms with van der Waals surface area (Å²) in [5.41, 5.74) is 7.28. The van der Waals surface area contributed by atoms with Crippen molar-refractivity contribution >= 4 is 58.5 Å². The van der Waals surface area contributed by atoms with E-state index >= 15 is 0 Å². The molecule has 0 fully saturated rings. The lowest BCUT2D eigenvalue weighted by Gasteiger charge is -2.13. The molecule has 166 valence electrons. The lowest BCUT2D eigenvalue weighted by atomic mass is 9.98. The molecule has 0 saturated carbocycles. The molecule has 0 aliphatic heterocycles. The summed E-state index contributed by atoms with van der Waals surface area (Å²) in [6.07, 6.45) is 0. The lowest BCUT2D eigenvalue weighted by Crippen LogP contribution is -1.95. The van der Waals surface area contributed by atoms with Crippen LogP contribution in [0.2, 0.25) is 0 Å². The van der Waals surface area contributed by atoms with Crippen LogP contribution in [0.15, 0.2) is 126 Å². The summed E-state index contributed by atoms with van der Waals surface area (Å²) in [5, 5.41) is 3.92. The number of rotatable bonds is 3. The molecule has 1 nitrogen and oxygen atoms in total. The second-order valence-corrected chi connectivity index (χ2v) is 10.7. The smallest absolute Gasteiger partial charge is 0.109 e. The van der Waals surface area contributed by atoms with Gasteiger partial charge in [-0.3, -0.25) is 0 Å². The van der Waals surface area contributed by atoms with Crippen molar-refractivity contribution in [2.45, 2.75) is 0 Å². The number of benzene rings is 5. The third kappa shape index (κ3) is 3.43. The van der Waals surface area contributed by atoms with Crippen LogP contribution in [0.25, 0.3) is 59.1 Å². The largest absolute Gasteiger partial charge is 0.301 e. The van der Waals surface area contributed by atoms with Gasteiger partial charge in [0.15, 0.2) is 0 Å². The van der Waals surface area contributed by atoms with E-state index in [4.69, 9.17) is 0 Å². The standard InChI is InChI=1S/C32H20BrNS/c33-25-15-16-29-28(20-25)31-27-13-7-8-14-30(27)35-32(31)34(29)26-18-23(21-9-3-1-4-10-21)17-24(19-26)22-11-5-2-6-12-22/h1-20H. The minimum absolute atomic E-state index is 1.10. The van der Waals surface area contributed by atoms with Crippen molar-refractivity contribution in [3.05, 3.63) is 126 Å². The first-order chi connectivity index (χ1) is 17.3. The molecule has 5 aromatic carbocycles. The third-order valence-corrected chi connectivity index (χ3v) is 8.29. The van der Waals surface area contributed by atoms with Crippen molar-refractivity contribution in [1.82, 2.24) is 4.57 Å². The summed E-state index contributed by atoms with van der Waals surface area (Å²) < 4.78 is 4.86. The van der Waals surface area contributed by atoms with E-state index in [-0.39, 0.29) is 0 Å². The van der Waals surface area contributed by atoms with Gasteiger partial charge in [-0.1, -0.05) is 94.8 Å². The van der Waals surface area contributed by atoms with E-state index in [1.165, 1.54) is 59.1 Å². The van der Waals surface area contributed by atoms with Gasteiger partial charge in [0.05, 0.1) is 5.52 Å². The number of thiophene rings is 1. The molecule has 7 aromatic rings. The predicted molar refractivity (Wildman–Crippen MR) is 155 cm³/mol. The first-order valence-electron chi connectivity index (χ1n) is 11.6. The Morgan fingerprint density at radius 3 is 1.86 bits per heavy atom. The van der Waals surface area contributed by atoms with Crippen molar-refractivity contribution in [1.29, 1.82) is 0 Å². The van der Waals surface area contributed by atoms with Crippen LogP contribution in [-0.2, 0) is 0 Å². The first kappa shape index (κ1) is 20.7. The maximum absolute atomic E-state index is 3.71. The molecule has 0 saturated heterocycles. The van der Waals surface area contributed by atoms with Gasteiger partial charge in [0.1, 0.15) is 4.83 Å². The molecular weight excluding hydrogens is 510 g/mol. The Kier molecular flexibility index (Phi) is 4.86. The van der Waals surface area contributed by atoms with Gasteiger partial charge in [-0.25, -0.2) is 0 Å². The van der Waals surface area contributed by atoms with Gasteiger partial charge in [0.25, 0.3) is 0 Å². The topological polar surface area (TPSA) is 4.93 Å². The maximum atomic E-state index is 3.71. The van der Waals surface area contributed by atoms with Crippen LogP contribution < -0.4 is 0 Å². The Hall–Kier alpha value is -3.66. The Morgan fingerprint density at radius 2 is 1.17 bits per heavy atom. The molecule has 35 heavy (non-hydrogen) atoms. The van der Waals surface area contributed by atoms with Gasteiger partial charge in [-0.2, -0.15) is 0 Å². The maximum Gasteiger partial charge on any atom is 0.109 e. The second-order valence-electron chi connectivity index (χ2n) is 8.78. The quantitative estimate of drug-likeness (QED) is 0.214. The Labute approximate surface area is 216 Å². The molecule has 0 aliphatic carbocycles. The summed E-state index contributed by atoms with van der Waals surface area (Å²) in [6.45, 7) is 0. The normalized spacial score (nSPS) is 11.6. The van der Waals surface area contributed by atoms with Crippen molar-refractivity contribution in [3.8, 4) is 27.9 Å². The van der Waals surface area contributed by atoms with Crippen LogP contribution in [-0.4, -0.2) is 4.57 Å². The Morgan fingerprint density at radius 1 is 0.543 bits per heavy atom. The zero-order valence-corrected chi connectivity index (χ0v) is 21.2. The van der Waals surface area contributed by atoms with E-state index in [0.717, 1.165) is 4.47 Å². The monoisotopic (exact) mass is 529 g/mol. The number of hydrogen-bond donors (Lipinski definition) is 0. The molecule has 0 amide bonds. The molecule has 0 atom stereocenters. The molecule has 0 N–H and O–H groups in total. The molecule has 7 rings (SSSR count). The molecular formula is C32H20BrNS. The number of aromatic nitrogens is 1. The third-order valence-electron chi connectivity index (χ3n) is 6.64. The molecule has 2 aromatic heterocycles. The van der Waals surface area contributed by atoms with Crippen LogP contribution >= 0.6 is 27.3 Å². The summed E-state index contributed by atoms with van der Waals surface area (Å²) in [4.78, 5) is 1.28. The van der Waals surface area contributed by atoms with Crippen molar-refractivity contribution in [2.75, 3.05) is 0 Å². The minimum atomic E-state index is 1.10. The van der Waals surface area contributed by atoms with Crippen LogP contribution in [0.3, 0.4) is 0 Å². The zero-order chi connectivity index (χ0) is 23.4. The molecule has 0 unspecified atom stereocenters. The fraction of sp³-hybridized carbons (Fsp3) is 0. The van der Waals surface area contributed by atoms with E-state index in [1.807, 2.05) is 11.3 Å². The van der Waals surface area contributed by atoms with E-state index in [0.29, 0.717) is 0 Å². The van der Waals surface area contributed by atoms with Crippen LogP contribution in [0.4, 0.5) is 0 Å². The highest BCUT2D eigenvalue weighted by Gasteiger charge is 2.19. The molecule has 0 bridgehead atoms. The summed E-state index contributed by atoms with van der Waals surface area (Å²) in [7, 11) is 0. The fourth-order valence-electron chi connectivity index (χ4n) is 5.05. The highest BCUT2D eigenvalue weighted by molar-refractivity contribution is 9.10. The number of fused-ring (bicyclic) bond motifs is 5. The van der Waals surface area contributed by atoms with Gasteiger partial charge < -0.3 is 4.57 Å². The summed E-state index contributed by atoms with van der Waals surface area (Å²) in [6, 6.07) is 43.7. The molecule has 0 spiro atoms. The van der Waals surface area contributed by atoms with Gasteiger partial charge in [-0.15, -0.1) is 11.3 Å². The van der Waals surface area contributed by atoms with E-state index in [2.05, 4.69) is 142 Å². The highest BCUT2D eigenvalue weighted by Crippen LogP contribution is 2.44. The number of nitrogens with zero attached hydrogens (tertiary/aromatic N) is 1. The van der Waals surface area contributed by atoms with Crippen LogP contribution in [0.5, 0.6) is 0 Å². The van der Waals surface area contributed by atoms with E-state index < -0.39 is 0 Å². The minimum Gasteiger partial charge on any atom is -0.301 e. The van der Waals surface area contributed by atoms with Gasteiger partial charge in [-0.05, 0) is 64.7 Å². The van der Waals surface area contributed by atoms with Crippen molar-refractivity contribution < 1.29 is 0 Å². The summed E-state index contributed by atoms with van der Waals surface area (Å²) >= 11 is 5.58. The fourth-order valence-corrected chi connectivity index (χ4v) is 6.67. The number of halogens is 1. The molecule has 3 heteroatoms. The van der Waals surface area contributed by atoms with Gasteiger partial charge in [0, 0.05) is 31.0 Å². The Bertz CT molecular complexity index is 1790. The Balaban J connectivity index is 1.60. The summed E-state index contributed by atoms with van der Waals surface area (Å²) in [5.74, 6) is 0. The second kappa shape index (κ2) is 8.23. The highest BCUT2D eigenvalue weighted by atomic mass is 79.9. The molecule has 0 radical (unpaired) electrons. The average Bonchev–Trinajstić information content (AvgIpc) is 3.44. The van der Waals surface area contributed by atoms with Gasteiger partial charge >= 0.3 is 0 Å². The average molecular weight is 530 g/mol. The first-order valence-corrected chi connectivity index (χ1v) is 13.2. The van der Waals surface area contributed by atoms with E-state index in [9.17, 15) is 0 Å². The SMILES string of the molecule is Brc1ccc2c(c1)c1c3ccccc3sc1n2-c1cc(-c2ccccc2)cc(-c2ccccc2)c1. The predicted octanol–water partition coefficient (Wildman–Crippen LogP) is 10.1. The van der Waals surface area contributed by atoms with Crippen molar-refractivity contribution in [2.24, 2.45) is 0 Å². The van der Waals surface area contributed by atoms with Crippen molar-refractivity contribution in [3.63, 3.8) is 0 Å². The molecule has 2 heterocycles. The zero-order valence-electron chi connectivity index (χ0n) is 18.8. The van der Waals surface area contributed by atoms with Gasteiger partial charge in [0.2, 0.25) is 0 Å². The van der Waals surface area contributed by atoms with Crippen LogP contribution in [0.1, 0.15) is 0 Å².